The van der Waals surface area contributed by atoms with Crippen molar-refractivity contribution in [2.45, 2.75) is 32.5 Å². The molecule has 1 aromatic heterocycles. The van der Waals surface area contributed by atoms with Gasteiger partial charge in [0.15, 0.2) is 0 Å². The number of urea groups is 1. The van der Waals surface area contributed by atoms with E-state index in [2.05, 4.69) is 10.3 Å². The van der Waals surface area contributed by atoms with E-state index < -0.39 is 12.6 Å². The van der Waals surface area contributed by atoms with Crippen LogP contribution < -0.4 is 5.32 Å². The number of rotatable bonds is 5. The van der Waals surface area contributed by atoms with Crippen LogP contribution in [-0.4, -0.2) is 27.5 Å². The van der Waals surface area contributed by atoms with E-state index in [-0.39, 0.29) is 17.9 Å². The molecular weight excluding hydrogens is 386 g/mol. The van der Waals surface area contributed by atoms with Crippen molar-refractivity contribution in [1.82, 2.24) is 19.8 Å². The third-order valence-corrected chi connectivity index (χ3v) is 5.05. The van der Waals surface area contributed by atoms with E-state index in [4.69, 9.17) is 11.6 Å². The zero-order chi connectivity index (χ0) is 20.4. The maximum atomic E-state index is 13.6. The summed E-state index contributed by atoms with van der Waals surface area (Å²) in [5.74, 6) is 0.108. The molecule has 2 amide bonds. The van der Waals surface area contributed by atoms with Gasteiger partial charge in [-0.2, -0.15) is 8.78 Å². The standard InChI is InChI=1S/C20H21ClF2N4O/c1-12(18-25-16-6-4-5-7-17(16)27(18)19(22)23)24-20(28)26(3)13(2)14-8-10-15(21)11-9-14/h4-13,19H,1-3H3,(H,24,28). The van der Waals surface area contributed by atoms with Gasteiger partial charge < -0.3 is 10.2 Å². The summed E-state index contributed by atoms with van der Waals surface area (Å²) in [6, 6.07) is 12.6. The largest absolute Gasteiger partial charge is 0.328 e. The van der Waals surface area contributed by atoms with E-state index in [0.717, 1.165) is 10.1 Å². The molecule has 1 heterocycles. The zero-order valence-corrected chi connectivity index (χ0v) is 16.5. The van der Waals surface area contributed by atoms with Gasteiger partial charge in [0.1, 0.15) is 5.82 Å². The van der Waals surface area contributed by atoms with Crippen LogP contribution in [-0.2, 0) is 0 Å². The van der Waals surface area contributed by atoms with Crippen LogP contribution in [0.1, 0.15) is 43.9 Å². The van der Waals surface area contributed by atoms with E-state index >= 15 is 0 Å². The summed E-state index contributed by atoms with van der Waals surface area (Å²) < 4.78 is 28.1. The number of fused-ring (bicyclic) bond motifs is 1. The number of nitrogens with zero attached hydrogens (tertiary/aromatic N) is 3. The van der Waals surface area contributed by atoms with Gasteiger partial charge in [-0.1, -0.05) is 35.9 Å². The Morgan fingerprint density at radius 1 is 1.14 bits per heavy atom. The topological polar surface area (TPSA) is 50.2 Å². The van der Waals surface area contributed by atoms with Gasteiger partial charge in [0, 0.05) is 12.1 Å². The quantitative estimate of drug-likeness (QED) is 0.604. The molecule has 28 heavy (non-hydrogen) atoms. The van der Waals surface area contributed by atoms with Crippen molar-refractivity contribution in [3.8, 4) is 0 Å². The molecule has 2 atom stereocenters. The second kappa shape index (κ2) is 8.14. The molecule has 8 heteroatoms. The average molecular weight is 407 g/mol. The minimum atomic E-state index is -2.76. The van der Waals surface area contributed by atoms with Crippen LogP contribution in [0.15, 0.2) is 48.5 Å². The molecule has 2 unspecified atom stereocenters. The molecule has 0 fully saturated rings. The second-order valence-electron chi connectivity index (χ2n) is 6.62. The number of imidazole rings is 1. The number of para-hydroxylation sites is 2. The van der Waals surface area contributed by atoms with E-state index in [9.17, 15) is 13.6 Å². The zero-order valence-electron chi connectivity index (χ0n) is 15.7. The molecule has 0 aliphatic carbocycles. The first-order valence-electron chi connectivity index (χ1n) is 8.83. The van der Waals surface area contributed by atoms with Gasteiger partial charge in [-0.15, -0.1) is 0 Å². The molecule has 2 aromatic carbocycles. The van der Waals surface area contributed by atoms with E-state index in [1.807, 2.05) is 19.1 Å². The number of benzene rings is 2. The fourth-order valence-electron chi connectivity index (χ4n) is 3.07. The number of halogens is 3. The summed E-state index contributed by atoms with van der Waals surface area (Å²) in [4.78, 5) is 18.5. The smallest absolute Gasteiger partial charge is 0.320 e. The van der Waals surface area contributed by atoms with Crippen molar-refractivity contribution >= 4 is 28.7 Å². The summed E-state index contributed by atoms with van der Waals surface area (Å²) in [5.41, 5.74) is 1.70. The van der Waals surface area contributed by atoms with Gasteiger partial charge in [0.05, 0.1) is 23.1 Å². The Kier molecular flexibility index (Phi) is 5.84. The second-order valence-corrected chi connectivity index (χ2v) is 7.05. The molecule has 0 aliphatic heterocycles. The lowest BCUT2D eigenvalue weighted by molar-refractivity contribution is 0.0697. The van der Waals surface area contributed by atoms with Gasteiger partial charge in [-0.25, -0.2) is 9.78 Å². The number of nitrogens with one attached hydrogen (secondary N) is 1. The summed E-state index contributed by atoms with van der Waals surface area (Å²) in [7, 11) is 1.65. The molecule has 148 valence electrons. The van der Waals surface area contributed by atoms with E-state index in [0.29, 0.717) is 16.1 Å². The molecular formula is C20H21ClF2N4O. The van der Waals surface area contributed by atoms with Crippen molar-refractivity contribution in [2.75, 3.05) is 7.05 Å². The summed E-state index contributed by atoms with van der Waals surface area (Å²) in [6.07, 6.45) is 0. The Morgan fingerprint density at radius 3 is 2.43 bits per heavy atom. The van der Waals surface area contributed by atoms with E-state index in [1.54, 1.807) is 50.4 Å². The Hall–Kier alpha value is -2.67. The number of carbonyl (C=O) groups excluding carboxylic acids is 1. The van der Waals surface area contributed by atoms with Crippen LogP contribution in [0.5, 0.6) is 0 Å². The van der Waals surface area contributed by atoms with Gasteiger partial charge in [0.25, 0.3) is 0 Å². The van der Waals surface area contributed by atoms with Gasteiger partial charge in [0.2, 0.25) is 0 Å². The highest BCUT2D eigenvalue weighted by Crippen LogP contribution is 2.27. The van der Waals surface area contributed by atoms with Crippen molar-refractivity contribution in [1.29, 1.82) is 0 Å². The molecule has 0 aliphatic rings. The molecule has 0 spiro atoms. The predicted octanol–water partition coefficient (Wildman–Crippen LogP) is 5.55. The predicted molar refractivity (Wildman–Crippen MR) is 106 cm³/mol. The highest BCUT2D eigenvalue weighted by atomic mass is 35.5. The molecule has 0 radical (unpaired) electrons. The highest BCUT2D eigenvalue weighted by Gasteiger charge is 2.25. The first-order chi connectivity index (χ1) is 13.3. The first kappa shape index (κ1) is 20.1. The Balaban J connectivity index is 1.79. The fourth-order valence-corrected chi connectivity index (χ4v) is 3.19. The maximum absolute atomic E-state index is 13.6. The van der Waals surface area contributed by atoms with Crippen LogP contribution in [0.2, 0.25) is 5.02 Å². The molecule has 5 nitrogen and oxygen atoms in total. The van der Waals surface area contributed by atoms with Gasteiger partial charge in [-0.3, -0.25) is 4.57 Å². The lowest BCUT2D eigenvalue weighted by Gasteiger charge is -2.27. The minimum absolute atomic E-state index is 0.108. The lowest BCUT2D eigenvalue weighted by atomic mass is 10.1. The number of hydrogen-bond acceptors (Lipinski definition) is 2. The van der Waals surface area contributed by atoms with Gasteiger partial charge in [-0.05, 0) is 43.7 Å². The fraction of sp³-hybridized carbons (Fsp3) is 0.300. The molecule has 3 aromatic rings. The summed E-state index contributed by atoms with van der Waals surface area (Å²) in [6.45, 7) is 0.758. The molecule has 0 saturated heterocycles. The van der Waals surface area contributed by atoms with Crippen LogP contribution >= 0.6 is 11.6 Å². The van der Waals surface area contributed by atoms with Crippen LogP contribution in [0.4, 0.5) is 13.6 Å². The monoisotopic (exact) mass is 406 g/mol. The summed E-state index contributed by atoms with van der Waals surface area (Å²) in [5, 5.41) is 3.37. The normalized spacial score (nSPS) is 13.5. The Bertz CT molecular complexity index is 974. The third-order valence-electron chi connectivity index (χ3n) is 4.80. The third kappa shape index (κ3) is 3.94. The number of carbonyl (C=O) groups is 1. The Morgan fingerprint density at radius 2 is 1.79 bits per heavy atom. The number of hydrogen-bond donors (Lipinski definition) is 1. The van der Waals surface area contributed by atoms with Crippen LogP contribution in [0, 0.1) is 0 Å². The number of alkyl halides is 2. The van der Waals surface area contributed by atoms with Crippen molar-refractivity contribution in [3.63, 3.8) is 0 Å². The first-order valence-corrected chi connectivity index (χ1v) is 9.21. The van der Waals surface area contributed by atoms with Crippen molar-refractivity contribution in [2.24, 2.45) is 0 Å². The van der Waals surface area contributed by atoms with Crippen LogP contribution in [0.3, 0.4) is 0 Å². The number of aromatic nitrogens is 2. The lowest BCUT2D eigenvalue weighted by Crippen LogP contribution is -2.40. The van der Waals surface area contributed by atoms with Gasteiger partial charge >= 0.3 is 12.6 Å². The maximum Gasteiger partial charge on any atom is 0.320 e. The molecule has 3 rings (SSSR count). The average Bonchev–Trinajstić information content (AvgIpc) is 3.07. The summed E-state index contributed by atoms with van der Waals surface area (Å²) >= 11 is 5.91. The SMILES string of the molecule is CC(NC(=O)N(C)C(C)c1ccc(Cl)cc1)c1nc2ccccc2n1C(F)F. The van der Waals surface area contributed by atoms with Crippen molar-refractivity contribution < 1.29 is 13.6 Å². The Labute approximate surface area is 166 Å². The molecule has 1 N–H and O–H groups in total. The van der Waals surface area contributed by atoms with Crippen LogP contribution in [0.25, 0.3) is 11.0 Å². The molecule has 0 saturated carbocycles. The van der Waals surface area contributed by atoms with E-state index in [1.165, 1.54) is 4.90 Å². The van der Waals surface area contributed by atoms with Crippen molar-refractivity contribution in [3.05, 3.63) is 64.9 Å². The molecule has 0 bridgehead atoms. The number of amides is 2. The highest BCUT2D eigenvalue weighted by molar-refractivity contribution is 6.30. The minimum Gasteiger partial charge on any atom is -0.328 e.